The topological polar surface area (TPSA) is 0 Å². The van der Waals surface area contributed by atoms with Crippen molar-refractivity contribution in [3.05, 3.63) is 29.8 Å². The summed E-state index contributed by atoms with van der Waals surface area (Å²) in [5.74, 6) is 0.786. The minimum atomic E-state index is 0.786. The molecule has 0 saturated heterocycles. The second-order valence-electron chi connectivity index (χ2n) is 3.65. The highest BCUT2D eigenvalue weighted by atomic mass is 14.2. The summed E-state index contributed by atoms with van der Waals surface area (Å²) in [6.07, 6.45) is 5.48. The number of rotatable bonds is 1. The summed E-state index contributed by atoms with van der Waals surface area (Å²) in [5, 5.41) is 0. The van der Waals surface area contributed by atoms with E-state index in [0.717, 1.165) is 11.4 Å². The van der Waals surface area contributed by atoms with Crippen LogP contribution in [0.5, 0.6) is 0 Å². The van der Waals surface area contributed by atoms with E-state index >= 15 is 0 Å². The van der Waals surface area contributed by atoms with Crippen LogP contribution in [-0.2, 0) is 0 Å². The second kappa shape index (κ2) is 3.34. The molecule has 1 aromatic carbocycles. The molecular formula is C11H13B. The van der Waals surface area contributed by atoms with Gasteiger partial charge in [0.05, 0.1) is 0 Å². The Hall–Kier alpha value is -0.715. The van der Waals surface area contributed by atoms with E-state index in [-0.39, 0.29) is 0 Å². The van der Waals surface area contributed by atoms with E-state index in [1.807, 2.05) is 6.07 Å². The molecule has 1 aliphatic carbocycles. The van der Waals surface area contributed by atoms with Crippen molar-refractivity contribution in [3.8, 4) is 0 Å². The first kappa shape index (κ1) is 7.91. The summed E-state index contributed by atoms with van der Waals surface area (Å²) in [6.45, 7) is 0. The van der Waals surface area contributed by atoms with Gasteiger partial charge < -0.3 is 0 Å². The average Bonchev–Trinajstić information content (AvgIpc) is 2.56. The van der Waals surface area contributed by atoms with Crippen LogP contribution in [0.1, 0.15) is 37.2 Å². The van der Waals surface area contributed by atoms with Crippen LogP contribution in [0, 0.1) is 0 Å². The van der Waals surface area contributed by atoms with Gasteiger partial charge in [-0.2, -0.15) is 0 Å². The number of hydrogen-bond acceptors (Lipinski definition) is 0. The van der Waals surface area contributed by atoms with Gasteiger partial charge in [-0.15, -0.1) is 0 Å². The zero-order valence-electron chi connectivity index (χ0n) is 7.29. The summed E-state index contributed by atoms with van der Waals surface area (Å²) in [4.78, 5) is 0. The van der Waals surface area contributed by atoms with E-state index in [2.05, 4.69) is 18.2 Å². The minimum Gasteiger partial charge on any atom is -0.0964 e. The van der Waals surface area contributed by atoms with E-state index in [1.54, 1.807) is 0 Å². The van der Waals surface area contributed by atoms with Gasteiger partial charge in [-0.25, -0.2) is 0 Å². The predicted molar refractivity (Wildman–Crippen MR) is 53.0 cm³/mol. The standard InChI is InChI=1S/C11H13B/c12-11-7-3-6-10(8-11)9-4-1-2-5-9/h3,6-9H,1-2,4-5H2. The minimum absolute atomic E-state index is 0.786. The zero-order valence-corrected chi connectivity index (χ0v) is 7.29. The molecule has 0 bridgehead atoms. The molecule has 0 unspecified atom stereocenters. The third-order valence-electron chi connectivity index (χ3n) is 2.74. The second-order valence-corrected chi connectivity index (χ2v) is 3.65. The quantitative estimate of drug-likeness (QED) is 0.546. The van der Waals surface area contributed by atoms with Gasteiger partial charge >= 0.3 is 0 Å². The first-order chi connectivity index (χ1) is 5.86. The lowest BCUT2D eigenvalue weighted by Crippen LogP contribution is -2.04. The molecule has 1 aromatic rings. The van der Waals surface area contributed by atoms with Gasteiger partial charge in [0, 0.05) is 0 Å². The fourth-order valence-electron chi connectivity index (χ4n) is 2.07. The molecule has 0 nitrogen and oxygen atoms in total. The number of hydrogen-bond donors (Lipinski definition) is 0. The monoisotopic (exact) mass is 156 g/mol. The maximum atomic E-state index is 5.73. The smallest absolute Gasteiger partial charge is 0.0964 e. The molecule has 60 valence electrons. The van der Waals surface area contributed by atoms with Crippen molar-refractivity contribution >= 4 is 13.3 Å². The van der Waals surface area contributed by atoms with E-state index in [4.69, 9.17) is 7.85 Å². The summed E-state index contributed by atoms with van der Waals surface area (Å²) >= 11 is 0. The third kappa shape index (κ3) is 1.55. The fraction of sp³-hybridized carbons (Fsp3) is 0.455. The lowest BCUT2D eigenvalue weighted by atomic mass is 9.89. The van der Waals surface area contributed by atoms with Gasteiger partial charge in [0.15, 0.2) is 0 Å². The van der Waals surface area contributed by atoms with Crippen molar-refractivity contribution in [2.24, 2.45) is 0 Å². The van der Waals surface area contributed by atoms with Crippen LogP contribution in [0.2, 0.25) is 0 Å². The molecule has 0 amide bonds. The number of benzene rings is 1. The SMILES string of the molecule is [B]c1cccc(C2CCCC2)c1. The molecular weight excluding hydrogens is 143 g/mol. The zero-order chi connectivity index (χ0) is 8.39. The molecule has 2 radical (unpaired) electrons. The first-order valence-electron chi connectivity index (χ1n) is 4.72. The van der Waals surface area contributed by atoms with Crippen molar-refractivity contribution in [2.45, 2.75) is 31.6 Å². The van der Waals surface area contributed by atoms with Crippen LogP contribution in [0.4, 0.5) is 0 Å². The van der Waals surface area contributed by atoms with E-state index in [9.17, 15) is 0 Å². The van der Waals surface area contributed by atoms with Gasteiger partial charge in [0.1, 0.15) is 7.85 Å². The molecule has 12 heavy (non-hydrogen) atoms. The van der Waals surface area contributed by atoms with Crippen LogP contribution in [0.3, 0.4) is 0 Å². The summed E-state index contributed by atoms with van der Waals surface area (Å²) in [6, 6.07) is 8.34. The highest BCUT2D eigenvalue weighted by Crippen LogP contribution is 2.33. The van der Waals surface area contributed by atoms with Crippen LogP contribution in [0.25, 0.3) is 0 Å². The van der Waals surface area contributed by atoms with Crippen molar-refractivity contribution in [3.63, 3.8) is 0 Å². The van der Waals surface area contributed by atoms with Crippen LogP contribution in [0.15, 0.2) is 24.3 Å². The van der Waals surface area contributed by atoms with Gasteiger partial charge in [0.25, 0.3) is 0 Å². The van der Waals surface area contributed by atoms with Crippen molar-refractivity contribution in [2.75, 3.05) is 0 Å². The fourth-order valence-corrected chi connectivity index (χ4v) is 2.07. The molecule has 1 fully saturated rings. The van der Waals surface area contributed by atoms with Crippen LogP contribution in [-0.4, -0.2) is 7.85 Å². The highest BCUT2D eigenvalue weighted by molar-refractivity contribution is 6.32. The Bertz CT molecular complexity index is 261. The Balaban J connectivity index is 2.21. The van der Waals surface area contributed by atoms with E-state index in [0.29, 0.717) is 0 Å². The molecule has 0 heterocycles. The summed E-state index contributed by atoms with van der Waals surface area (Å²) in [5.41, 5.74) is 2.34. The Morgan fingerprint density at radius 2 is 1.92 bits per heavy atom. The van der Waals surface area contributed by atoms with Crippen molar-refractivity contribution in [1.29, 1.82) is 0 Å². The van der Waals surface area contributed by atoms with Gasteiger partial charge in [-0.3, -0.25) is 0 Å². The molecule has 0 aromatic heterocycles. The molecule has 1 aliphatic rings. The Morgan fingerprint density at radius 3 is 2.58 bits per heavy atom. The van der Waals surface area contributed by atoms with Crippen LogP contribution >= 0.6 is 0 Å². The maximum Gasteiger partial charge on any atom is 0.113 e. The highest BCUT2D eigenvalue weighted by Gasteiger charge is 2.16. The largest absolute Gasteiger partial charge is 0.113 e. The van der Waals surface area contributed by atoms with E-state index < -0.39 is 0 Å². The van der Waals surface area contributed by atoms with E-state index in [1.165, 1.54) is 31.2 Å². The molecule has 2 rings (SSSR count). The lowest BCUT2D eigenvalue weighted by molar-refractivity contribution is 0.724. The third-order valence-corrected chi connectivity index (χ3v) is 2.74. The van der Waals surface area contributed by atoms with Gasteiger partial charge in [-0.05, 0) is 24.3 Å². The Morgan fingerprint density at radius 1 is 1.17 bits per heavy atom. The normalized spacial score (nSPS) is 18.3. The molecule has 0 spiro atoms. The molecule has 0 atom stereocenters. The van der Waals surface area contributed by atoms with Crippen molar-refractivity contribution < 1.29 is 0 Å². The molecule has 0 N–H and O–H groups in total. The Labute approximate surface area is 75.4 Å². The summed E-state index contributed by atoms with van der Waals surface area (Å²) in [7, 11) is 5.73. The molecule has 1 saturated carbocycles. The average molecular weight is 156 g/mol. The lowest BCUT2D eigenvalue weighted by Gasteiger charge is -2.09. The van der Waals surface area contributed by atoms with Gasteiger partial charge in [0.2, 0.25) is 0 Å². The van der Waals surface area contributed by atoms with Gasteiger partial charge in [-0.1, -0.05) is 42.6 Å². The van der Waals surface area contributed by atoms with Crippen molar-refractivity contribution in [1.82, 2.24) is 0 Å². The molecule has 0 aliphatic heterocycles. The first-order valence-corrected chi connectivity index (χ1v) is 4.72. The molecule has 1 heteroatoms. The maximum absolute atomic E-state index is 5.73. The predicted octanol–water partition coefficient (Wildman–Crippen LogP) is 2.14. The van der Waals surface area contributed by atoms with Crippen LogP contribution < -0.4 is 5.46 Å². The summed E-state index contributed by atoms with van der Waals surface area (Å²) < 4.78 is 0. The Kier molecular flexibility index (Phi) is 2.20.